The molecule has 0 spiro atoms. The summed E-state index contributed by atoms with van der Waals surface area (Å²) in [7, 11) is 0. The highest BCUT2D eigenvalue weighted by Gasteiger charge is 2.12. The summed E-state index contributed by atoms with van der Waals surface area (Å²) in [5, 5.41) is 11.6. The van der Waals surface area contributed by atoms with Crippen LogP contribution < -0.4 is 10.6 Å². The average Bonchev–Trinajstić information content (AvgIpc) is 2.71. The molecule has 21 heavy (non-hydrogen) atoms. The number of nitrogens with zero attached hydrogens (tertiary/aromatic N) is 2. The SMILES string of the molecule is CCn1nc(C)c(NC(=S)Nc2cccc(C)c2C)c1C. The maximum Gasteiger partial charge on any atom is 0.175 e. The number of rotatable bonds is 3. The molecule has 2 aromatic rings. The van der Waals surface area contributed by atoms with E-state index in [1.807, 2.05) is 30.7 Å². The van der Waals surface area contributed by atoms with Crippen LogP contribution >= 0.6 is 12.2 Å². The van der Waals surface area contributed by atoms with E-state index in [9.17, 15) is 0 Å². The zero-order chi connectivity index (χ0) is 15.6. The van der Waals surface area contributed by atoms with E-state index >= 15 is 0 Å². The van der Waals surface area contributed by atoms with E-state index < -0.39 is 0 Å². The predicted octanol–water partition coefficient (Wildman–Crippen LogP) is 3.95. The lowest BCUT2D eigenvalue weighted by Crippen LogP contribution is -2.20. The molecule has 0 saturated carbocycles. The molecule has 0 atom stereocenters. The van der Waals surface area contributed by atoms with Crippen molar-refractivity contribution in [2.24, 2.45) is 0 Å². The fraction of sp³-hybridized carbons (Fsp3) is 0.375. The van der Waals surface area contributed by atoms with E-state index in [-0.39, 0.29) is 0 Å². The van der Waals surface area contributed by atoms with Gasteiger partial charge in [-0.05, 0) is 64.0 Å². The molecule has 0 aliphatic heterocycles. The van der Waals surface area contributed by atoms with Gasteiger partial charge in [-0.3, -0.25) is 4.68 Å². The van der Waals surface area contributed by atoms with Gasteiger partial charge in [0.05, 0.1) is 17.1 Å². The molecule has 5 heteroatoms. The summed E-state index contributed by atoms with van der Waals surface area (Å²) in [4.78, 5) is 0. The molecule has 0 bridgehead atoms. The summed E-state index contributed by atoms with van der Waals surface area (Å²) >= 11 is 5.43. The third-order valence-corrected chi connectivity index (χ3v) is 3.98. The van der Waals surface area contributed by atoms with Gasteiger partial charge in [-0.1, -0.05) is 12.1 Å². The number of nitrogens with one attached hydrogen (secondary N) is 2. The molecule has 0 radical (unpaired) electrons. The second kappa shape index (κ2) is 6.26. The lowest BCUT2D eigenvalue weighted by atomic mass is 10.1. The van der Waals surface area contributed by atoms with Crippen LogP contribution in [-0.4, -0.2) is 14.9 Å². The highest BCUT2D eigenvalue weighted by Crippen LogP contribution is 2.21. The minimum absolute atomic E-state index is 0.588. The quantitative estimate of drug-likeness (QED) is 0.843. The van der Waals surface area contributed by atoms with Crippen molar-refractivity contribution in [3.8, 4) is 0 Å². The first-order valence-electron chi connectivity index (χ1n) is 7.12. The maximum absolute atomic E-state index is 5.43. The number of hydrogen-bond acceptors (Lipinski definition) is 2. The molecule has 2 N–H and O–H groups in total. The van der Waals surface area contributed by atoms with Crippen molar-refractivity contribution in [3.63, 3.8) is 0 Å². The Labute approximate surface area is 131 Å². The van der Waals surface area contributed by atoms with Crippen LogP contribution in [0.3, 0.4) is 0 Å². The van der Waals surface area contributed by atoms with Crippen LogP contribution in [0.5, 0.6) is 0 Å². The summed E-state index contributed by atoms with van der Waals surface area (Å²) in [5.74, 6) is 0. The zero-order valence-corrected chi connectivity index (χ0v) is 14.1. The van der Waals surface area contributed by atoms with Gasteiger partial charge >= 0.3 is 0 Å². The number of aryl methyl sites for hydroxylation is 3. The first-order chi connectivity index (χ1) is 9.93. The third kappa shape index (κ3) is 3.24. The Morgan fingerprint density at radius 2 is 1.90 bits per heavy atom. The Hall–Kier alpha value is -1.88. The summed E-state index contributed by atoms with van der Waals surface area (Å²) in [6, 6.07) is 6.15. The molecule has 0 aliphatic rings. The summed E-state index contributed by atoms with van der Waals surface area (Å²) in [5.41, 5.74) is 6.53. The number of aromatic nitrogens is 2. The van der Waals surface area contributed by atoms with Gasteiger partial charge in [0.25, 0.3) is 0 Å². The number of anilines is 2. The summed E-state index contributed by atoms with van der Waals surface area (Å²) in [6.45, 7) is 11.2. The zero-order valence-electron chi connectivity index (χ0n) is 13.2. The van der Waals surface area contributed by atoms with Crippen molar-refractivity contribution in [2.75, 3.05) is 10.6 Å². The van der Waals surface area contributed by atoms with Gasteiger partial charge in [0.2, 0.25) is 0 Å². The van der Waals surface area contributed by atoms with Crippen LogP contribution in [0.25, 0.3) is 0 Å². The minimum Gasteiger partial charge on any atom is -0.332 e. The molecule has 0 amide bonds. The molecule has 0 fully saturated rings. The maximum atomic E-state index is 5.43. The fourth-order valence-electron chi connectivity index (χ4n) is 2.34. The van der Waals surface area contributed by atoms with E-state index in [0.717, 1.165) is 29.3 Å². The van der Waals surface area contributed by atoms with Crippen molar-refractivity contribution in [2.45, 2.75) is 41.2 Å². The van der Waals surface area contributed by atoms with Crippen LogP contribution in [0.15, 0.2) is 18.2 Å². The first kappa shape index (κ1) is 15.5. The topological polar surface area (TPSA) is 41.9 Å². The van der Waals surface area contributed by atoms with Crippen molar-refractivity contribution in [1.82, 2.24) is 9.78 Å². The normalized spacial score (nSPS) is 10.5. The number of thiocarbonyl (C=S) groups is 1. The van der Waals surface area contributed by atoms with Gasteiger partial charge in [0, 0.05) is 12.2 Å². The Morgan fingerprint density at radius 3 is 2.52 bits per heavy atom. The number of hydrogen-bond donors (Lipinski definition) is 2. The van der Waals surface area contributed by atoms with Crippen LogP contribution in [0.1, 0.15) is 29.4 Å². The monoisotopic (exact) mass is 302 g/mol. The van der Waals surface area contributed by atoms with Crippen LogP contribution in [0.2, 0.25) is 0 Å². The van der Waals surface area contributed by atoms with Gasteiger partial charge in [-0.25, -0.2) is 0 Å². The smallest absolute Gasteiger partial charge is 0.175 e. The van der Waals surface area contributed by atoms with Crippen LogP contribution in [0, 0.1) is 27.7 Å². The molecule has 1 heterocycles. The van der Waals surface area contributed by atoms with Crippen molar-refractivity contribution >= 4 is 28.7 Å². The fourth-order valence-corrected chi connectivity index (χ4v) is 2.55. The van der Waals surface area contributed by atoms with Crippen molar-refractivity contribution in [1.29, 1.82) is 0 Å². The van der Waals surface area contributed by atoms with Gasteiger partial charge in [0.15, 0.2) is 5.11 Å². The molecule has 0 aliphatic carbocycles. The summed E-state index contributed by atoms with van der Waals surface area (Å²) < 4.78 is 1.97. The molecular weight excluding hydrogens is 280 g/mol. The lowest BCUT2D eigenvalue weighted by molar-refractivity contribution is 0.634. The van der Waals surface area contributed by atoms with Crippen molar-refractivity contribution in [3.05, 3.63) is 40.7 Å². The Morgan fingerprint density at radius 1 is 1.19 bits per heavy atom. The van der Waals surface area contributed by atoms with E-state index in [4.69, 9.17) is 12.2 Å². The molecule has 1 aromatic carbocycles. The molecule has 1 aromatic heterocycles. The van der Waals surface area contributed by atoms with Gasteiger partial charge < -0.3 is 10.6 Å². The van der Waals surface area contributed by atoms with Gasteiger partial charge in [-0.15, -0.1) is 0 Å². The minimum atomic E-state index is 0.588. The summed E-state index contributed by atoms with van der Waals surface area (Å²) in [6.07, 6.45) is 0. The van der Waals surface area contributed by atoms with Gasteiger partial charge in [-0.2, -0.15) is 5.10 Å². The lowest BCUT2D eigenvalue weighted by Gasteiger charge is -2.14. The molecule has 2 rings (SSSR count). The molecular formula is C16H22N4S. The van der Waals surface area contributed by atoms with Crippen molar-refractivity contribution < 1.29 is 0 Å². The second-order valence-corrected chi connectivity index (χ2v) is 5.60. The van der Waals surface area contributed by atoms with E-state index in [0.29, 0.717) is 5.11 Å². The van der Waals surface area contributed by atoms with E-state index in [2.05, 4.69) is 42.6 Å². The predicted molar refractivity (Wildman–Crippen MR) is 93.1 cm³/mol. The Bertz CT molecular complexity index is 673. The highest BCUT2D eigenvalue weighted by atomic mass is 32.1. The Kier molecular flexibility index (Phi) is 4.63. The second-order valence-electron chi connectivity index (χ2n) is 5.19. The largest absolute Gasteiger partial charge is 0.332 e. The Balaban J connectivity index is 2.16. The molecule has 112 valence electrons. The van der Waals surface area contributed by atoms with E-state index in [1.54, 1.807) is 0 Å². The molecule has 4 nitrogen and oxygen atoms in total. The molecule has 0 unspecified atom stereocenters. The van der Waals surface area contributed by atoms with Gasteiger partial charge in [0.1, 0.15) is 0 Å². The van der Waals surface area contributed by atoms with E-state index in [1.165, 1.54) is 11.1 Å². The van der Waals surface area contributed by atoms with Crippen LogP contribution in [-0.2, 0) is 6.54 Å². The highest BCUT2D eigenvalue weighted by molar-refractivity contribution is 7.80. The third-order valence-electron chi connectivity index (χ3n) is 3.77. The average molecular weight is 302 g/mol. The first-order valence-corrected chi connectivity index (χ1v) is 7.53. The molecule has 0 saturated heterocycles. The number of benzene rings is 1. The van der Waals surface area contributed by atoms with Crippen LogP contribution in [0.4, 0.5) is 11.4 Å². The standard InChI is InChI=1S/C16H22N4S/c1-6-20-13(5)15(12(4)19-20)18-16(21)17-14-9-7-8-10(2)11(14)3/h7-9H,6H2,1-5H3,(H2,17,18,21).